The van der Waals surface area contributed by atoms with E-state index < -0.39 is 6.17 Å². The fourth-order valence-corrected chi connectivity index (χ4v) is 2.30. The van der Waals surface area contributed by atoms with Gasteiger partial charge < -0.3 is 0 Å². The van der Waals surface area contributed by atoms with Gasteiger partial charge in [-0.2, -0.15) is 5.10 Å². The number of fused-ring (bicyclic) bond motifs is 1. The summed E-state index contributed by atoms with van der Waals surface area (Å²) in [6.07, 6.45) is 3.14. The summed E-state index contributed by atoms with van der Waals surface area (Å²) in [6.45, 7) is 5.78. The molecule has 0 radical (unpaired) electrons. The molecule has 4 heteroatoms. The van der Waals surface area contributed by atoms with Gasteiger partial charge in [-0.25, -0.2) is 13.9 Å². The fourth-order valence-electron chi connectivity index (χ4n) is 2.30. The van der Waals surface area contributed by atoms with Crippen LogP contribution in [0.1, 0.15) is 68.6 Å². The topological polar surface area (TPSA) is 30.2 Å². The Kier molecular flexibility index (Phi) is 2.61. The van der Waals surface area contributed by atoms with Crippen LogP contribution in [-0.2, 0) is 0 Å². The molecule has 0 aliphatic heterocycles. The highest BCUT2D eigenvalue weighted by molar-refractivity contribution is 5.50. The maximum absolute atomic E-state index is 13.7. The van der Waals surface area contributed by atoms with Crippen molar-refractivity contribution >= 4 is 5.65 Å². The second-order valence-corrected chi connectivity index (χ2v) is 5.49. The lowest BCUT2D eigenvalue weighted by Crippen LogP contribution is -2.05. The van der Waals surface area contributed by atoms with Crippen molar-refractivity contribution in [3.8, 4) is 0 Å². The maximum atomic E-state index is 13.7. The number of halogens is 1. The van der Waals surface area contributed by atoms with Gasteiger partial charge in [0.05, 0.1) is 11.9 Å². The van der Waals surface area contributed by atoms with Gasteiger partial charge in [0, 0.05) is 17.2 Å². The summed E-state index contributed by atoms with van der Waals surface area (Å²) >= 11 is 0. The van der Waals surface area contributed by atoms with Gasteiger partial charge in [-0.3, -0.25) is 0 Å². The average Bonchev–Trinajstić information content (AvgIpc) is 3.07. The van der Waals surface area contributed by atoms with E-state index in [1.165, 1.54) is 12.8 Å². The zero-order chi connectivity index (χ0) is 12.9. The summed E-state index contributed by atoms with van der Waals surface area (Å²) in [5, 5.41) is 4.30. The van der Waals surface area contributed by atoms with Crippen LogP contribution in [0.2, 0.25) is 0 Å². The molecule has 2 heterocycles. The summed E-state index contributed by atoms with van der Waals surface area (Å²) in [5.74, 6) is 0.884. The van der Waals surface area contributed by atoms with Crippen molar-refractivity contribution in [1.29, 1.82) is 0 Å². The minimum Gasteiger partial charge on any atom is -0.241 e. The first-order valence-corrected chi connectivity index (χ1v) is 6.60. The van der Waals surface area contributed by atoms with Crippen LogP contribution in [0.15, 0.2) is 12.3 Å². The number of nitrogens with zero attached hydrogens (tertiary/aromatic N) is 3. The molecule has 0 aromatic carbocycles. The smallest absolute Gasteiger partial charge is 0.159 e. The summed E-state index contributed by atoms with van der Waals surface area (Å²) < 4.78 is 15.4. The van der Waals surface area contributed by atoms with Crippen LogP contribution in [0.3, 0.4) is 0 Å². The maximum Gasteiger partial charge on any atom is 0.159 e. The van der Waals surface area contributed by atoms with E-state index in [9.17, 15) is 4.39 Å². The molecule has 18 heavy (non-hydrogen) atoms. The summed E-state index contributed by atoms with van der Waals surface area (Å²) in [4.78, 5) is 4.70. The van der Waals surface area contributed by atoms with Crippen LogP contribution < -0.4 is 0 Å². The lowest BCUT2D eigenvalue weighted by atomic mass is 10.1. The predicted octanol–water partition coefficient (Wildman–Crippen LogP) is 3.76. The van der Waals surface area contributed by atoms with Crippen LogP contribution in [0.5, 0.6) is 0 Å². The molecule has 0 N–H and O–H groups in total. The Bertz CT molecular complexity index is 582. The molecule has 0 bridgehead atoms. The van der Waals surface area contributed by atoms with E-state index in [1.807, 2.05) is 12.3 Å². The highest BCUT2D eigenvalue weighted by atomic mass is 19.1. The molecule has 1 aliphatic rings. The highest BCUT2D eigenvalue weighted by Gasteiger charge is 2.27. The van der Waals surface area contributed by atoms with Gasteiger partial charge in [-0.15, -0.1) is 0 Å². The molecule has 1 saturated carbocycles. The van der Waals surface area contributed by atoms with E-state index >= 15 is 0 Å². The highest BCUT2D eigenvalue weighted by Crippen LogP contribution is 2.40. The summed E-state index contributed by atoms with van der Waals surface area (Å²) in [6, 6.07) is 1.88. The van der Waals surface area contributed by atoms with Crippen molar-refractivity contribution in [2.24, 2.45) is 0 Å². The number of hydrogen-bond donors (Lipinski definition) is 0. The molecule has 0 spiro atoms. The van der Waals surface area contributed by atoms with Gasteiger partial charge >= 0.3 is 0 Å². The normalized spacial score (nSPS) is 17.6. The van der Waals surface area contributed by atoms with Crippen molar-refractivity contribution in [3.63, 3.8) is 0 Å². The van der Waals surface area contributed by atoms with E-state index in [0.717, 1.165) is 16.9 Å². The molecular weight excluding hydrogens is 229 g/mol. The van der Waals surface area contributed by atoms with Gasteiger partial charge in [-0.05, 0) is 31.7 Å². The van der Waals surface area contributed by atoms with E-state index in [4.69, 9.17) is 4.98 Å². The van der Waals surface area contributed by atoms with Crippen LogP contribution in [-0.4, -0.2) is 14.6 Å². The van der Waals surface area contributed by atoms with Gasteiger partial charge in [0.1, 0.15) is 6.17 Å². The van der Waals surface area contributed by atoms with Crippen molar-refractivity contribution in [2.45, 2.75) is 51.6 Å². The van der Waals surface area contributed by atoms with Crippen molar-refractivity contribution in [3.05, 3.63) is 29.2 Å². The van der Waals surface area contributed by atoms with Crippen LogP contribution in [0, 0.1) is 0 Å². The van der Waals surface area contributed by atoms with E-state index in [-0.39, 0.29) is 0 Å². The zero-order valence-electron chi connectivity index (χ0n) is 11.0. The molecule has 3 nitrogen and oxygen atoms in total. The Morgan fingerprint density at radius 3 is 2.61 bits per heavy atom. The number of alkyl halides is 1. The molecule has 1 fully saturated rings. The second-order valence-electron chi connectivity index (χ2n) is 5.49. The van der Waals surface area contributed by atoms with Crippen LogP contribution >= 0.6 is 0 Å². The Hall–Kier alpha value is -1.45. The minimum absolute atomic E-state index is 0.354. The van der Waals surface area contributed by atoms with E-state index in [2.05, 4.69) is 18.9 Å². The fraction of sp³-hybridized carbons (Fsp3) is 0.571. The Morgan fingerprint density at radius 1 is 1.33 bits per heavy atom. The first-order chi connectivity index (χ1) is 8.58. The number of rotatable bonds is 3. The average molecular weight is 247 g/mol. The van der Waals surface area contributed by atoms with Crippen molar-refractivity contribution < 1.29 is 4.39 Å². The first kappa shape index (κ1) is 11.6. The molecular formula is C14H18FN3. The minimum atomic E-state index is -1.02. The van der Waals surface area contributed by atoms with Gasteiger partial charge in [0.25, 0.3) is 0 Å². The van der Waals surface area contributed by atoms with Crippen LogP contribution in [0.4, 0.5) is 4.39 Å². The van der Waals surface area contributed by atoms with Gasteiger partial charge in [-0.1, -0.05) is 13.8 Å². The van der Waals surface area contributed by atoms with Crippen molar-refractivity contribution in [1.82, 2.24) is 14.6 Å². The number of hydrogen-bond acceptors (Lipinski definition) is 2. The molecule has 1 unspecified atom stereocenters. The number of aromatic nitrogens is 3. The van der Waals surface area contributed by atoms with E-state index in [0.29, 0.717) is 17.5 Å². The van der Waals surface area contributed by atoms with Crippen LogP contribution in [0.25, 0.3) is 5.65 Å². The third-order valence-electron chi connectivity index (χ3n) is 3.57. The molecule has 96 valence electrons. The summed E-state index contributed by atoms with van der Waals surface area (Å²) in [7, 11) is 0. The standard InChI is InChI=1S/C14H18FN3/c1-8(2)11-7-16-18-13(9(3)15)6-12(10-4-5-10)17-14(11)18/h6-10H,4-5H2,1-3H3. The SMILES string of the molecule is CC(C)c1cnn2c(C(C)F)cc(C3CC3)nc12. The lowest BCUT2D eigenvalue weighted by Gasteiger charge is -2.10. The monoisotopic (exact) mass is 247 g/mol. The molecule has 0 amide bonds. The quantitative estimate of drug-likeness (QED) is 0.826. The molecule has 1 atom stereocenters. The third kappa shape index (κ3) is 1.80. The third-order valence-corrected chi connectivity index (χ3v) is 3.57. The Balaban J connectivity index is 2.25. The second kappa shape index (κ2) is 4.04. The molecule has 2 aromatic rings. The van der Waals surface area contributed by atoms with Gasteiger partial charge in [0.2, 0.25) is 0 Å². The molecule has 2 aromatic heterocycles. The van der Waals surface area contributed by atoms with E-state index in [1.54, 1.807) is 11.4 Å². The molecule has 3 rings (SSSR count). The molecule has 0 saturated heterocycles. The zero-order valence-corrected chi connectivity index (χ0v) is 11.0. The Labute approximate surface area is 106 Å². The first-order valence-electron chi connectivity index (χ1n) is 6.60. The molecule has 1 aliphatic carbocycles. The van der Waals surface area contributed by atoms with Crippen molar-refractivity contribution in [2.75, 3.05) is 0 Å². The predicted molar refractivity (Wildman–Crippen MR) is 68.6 cm³/mol. The lowest BCUT2D eigenvalue weighted by molar-refractivity contribution is 0.359. The Morgan fingerprint density at radius 2 is 2.06 bits per heavy atom. The summed E-state index contributed by atoms with van der Waals surface area (Å²) in [5.41, 5.74) is 3.58. The van der Waals surface area contributed by atoms with Gasteiger partial charge in [0.15, 0.2) is 5.65 Å². The largest absolute Gasteiger partial charge is 0.241 e.